The van der Waals surface area contributed by atoms with Crippen LogP contribution in [0.5, 0.6) is 6.01 Å². The van der Waals surface area contributed by atoms with Gasteiger partial charge in [-0.05, 0) is 26.0 Å². The zero-order chi connectivity index (χ0) is 20.4. The van der Waals surface area contributed by atoms with Crippen molar-refractivity contribution in [1.82, 2.24) is 19.1 Å². The standard InChI is InChI=1S/C15H18N4O7S.Na/c1-9(2)26-14-16-19(15(22)18(14)3)13(21)17-27(23,24)11-8-6-5-7-10(11)12(20)25-4;/h5-9H,1-4H3,(H,17,21);. The first-order valence-electron chi connectivity index (χ1n) is 7.65. The molecule has 0 aliphatic carbocycles. The Bertz CT molecular complexity index is 1040. The van der Waals surface area contributed by atoms with Crippen LogP contribution in [0.4, 0.5) is 4.79 Å². The van der Waals surface area contributed by atoms with Gasteiger partial charge in [-0.15, -0.1) is 9.78 Å². The number of carbonyl (C=O) groups excluding carboxylic acids is 2. The van der Waals surface area contributed by atoms with Gasteiger partial charge in [0.1, 0.15) is 4.90 Å². The van der Waals surface area contributed by atoms with Gasteiger partial charge in [0.05, 0.1) is 18.8 Å². The van der Waals surface area contributed by atoms with Crippen LogP contribution in [-0.4, -0.2) is 77.5 Å². The number of methoxy groups -OCH3 is 1. The van der Waals surface area contributed by atoms with Crippen LogP contribution in [0.25, 0.3) is 0 Å². The van der Waals surface area contributed by atoms with Gasteiger partial charge in [-0.3, -0.25) is 0 Å². The number of carbonyl (C=O) groups is 2. The second-order valence-corrected chi connectivity index (χ2v) is 7.25. The quantitative estimate of drug-likeness (QED) is 0.514. The number of rotatable bonds is 5. The summed E-state index contributed by atoms with van der Waals surface area (Å²) in [6, 6.07) is 3.67. The van der Waals surface area contributed by atoms with E-state index in [0.29, 0.717) is 4.68 Å². The molecule has 2 aromatic rings. The molecule has 0 fully saturated rings. The van der Waals surface area contributed by atoms with Gasteiger partial charge in [-0.2, -0.15) is 0 Å². The van der Waals surface area contributed by atoms with E-state index in [2.05, 4.69) is 9.84 Å². The third-order valence-corrected chi connectivity index (χ3v) is 4.66. The fourth-order valence-electron chi connectivity index (χ4n) is 2.06. The molecule has 1 aromatic carbocycles. The van der Waals surface area contributed by atoms with Gasteiger partial charge in [-0.1, -0.05) is 12.1 Å². The van der Waals surface area contributed by atoms with Gasteiger partial charge in [0.2, 0.25) is 0 Å². The van der Waals surface area contributed by atoms with Crippen LogP contribution >= 0.6 is 0 Å². The molecular weight excluding hydrogens is 403 g/mol. The monoisotopic (exact) mass is 421 g/mol. The molecule has 0 saturated heterocycles. The van der Waals surface area contributed by atoms with Gasteiger partial charge in [-0.25, -0.2) is 32.1 Å². The zero-order valence-electron chi connectivity index (χ0n) is 16.0. The Balaban J connectivity index is 0.00000392. The SMILES string of the molecule is COC(=O)c1ccccc1S(=O)(=O)NC(=O)n1nc(OC(C)C)n(C)c1=O.[Na]. The number of benzene rings is 1. The van der Waals surface area contributed by atoms with E-state index < -0.39 is 32.6 Å². The second kappa shape index (κ2) is 9.37. The van der Waals surface area contributed by atoms with Crippen molar-refractivity contribution in [3.63, 3.8) is 0 Å². The number of aromatic nitrogens is 3. The molecule has 11 nitrogen and oxygen atoms in total. The third kappa shape index (κ3) is 5.01. The summed E-state index contributed by atoms with van der Waals surface area (Å²) in [5.41, 5.74) is -1.17. The van der Waals surface area contributed by atoms with Crippen LogP contribution in [-0.2, 0) is 21.8 Å². The van der Waals surface area contributed by atoms with Crippen molar-refractivity contribution in [2.75, 3.05) is 7.11 Å². The number of sulfonamides is 1. The van der Waals surface area contributed by atoms with Gasteiger partial charge in [0.25, 0.3) is 10.0 Å². The van der Waals surface area contributed by atoms with E-state index in [4.69, 9.17) is 4.74 Å². The summed E-state index contributed by atoms with van der Waals surface area (Å²) in [5, 5.41) is 3.68. The first-order chi connectivity index (χ1) is 12.6. The maximum absolute atomic E-state index is 12.5. The van der Waals surface area contributed by atoms with Crippen molar-refractivity contribution in [2.45, 2.75) is 24.8 Å². The van der Waals surface area contributed by atoms with E-state index in [9.17, 15) is 22.8 Å². The fourth-order valence-corrected chi connectivity index (χ4v) is 3.18. The van der Waals surface area contributed by atoms with Crippen molar-refractivity contribution in [3.05, 3.63) is 40.3 Å². The first kappa shape index (κ1) is 23.9. The molecule has 0 aliphatic rings. The molecule has 0 bridgehead atoms. The van der Waals surface area contributed by atoms with Crippen LogP contribution in [0.2, 0.25) is 0 Å². The van der Waals surface area contributed by atoms with Crippen LogP contribution in [0.1, 0.15) is 24.2 Å². The summed E-state index contributed by atoms with van der Waals surface area (Å²) in [4.78, 5) is 35.7. The maximum Gasteiger partial charge on any atom is 0.360 e. The molecule has 0 atom stereocenters. The Morgan fingerprint density at radius 1 is 1.21 bits per heavy atom. The summed E-state index contributed by atoms with van der Waals surface area (Å²) in [6.07, 6.45) is -0.322. The zero-order valence-corrected chi connectivity index (χ0v) is 18.8. The largest absolute Gasteiger partial charge is 0.465 e. The summed E-state index contributed by atoms with van der Waals surface area (Å²) in [5.74, 6) is -0.897. The predicted octanol–water partition coefficient (Wildman–Crippen LogP) is -0.279. The smallest absolute Gasteiger partial charge is 0.360 e. The normalized spacial score (nSPS) is 10.9. The number of hydrogen-bond acceptors (Lipinski definition) is 8. The molecule has 2 rings (SSSR count). The van der Waals surface area contributed by atoms with E-state index in [1.165, 1.54) is 25.2 Å². The minimum absolute atomic E-state index is 0. The first-order valence-corrected chi connectivity index (χ1v) is 9.14. The number of hydrogen-bond donors (Lipinski definition) is 1. The predicted molar refractivity (Wildman–Crippen MR) is 97.9 cm³/mol. The molecule has 1 aromatic heterocycles. The molecule has 13 heteroatoms. The molecule has 28 heavy (non-hydrogen) atoms. The van der Waals surface area contributed by atoms with Crippen molar-refractivity contribution in [3.8, 4) is 6.01 Å². The molecule has 0 saturated carbocycles. The van der Waals surface area contributed by atoms with Crippen molar-refractivity contribution >= 4 is 51.6 Å². The van der Waals surface area contributed by atoms with Crippen molar-refractivity contribution < 1.29 is 27.5 Å². The Morgan fingerprint density at radius 2 is 1.82 bits per heavy atom. The summed E-state index contributed by atoms with van der Waals surface area (Å²) in [7, 11) is -2.08. The minimum atomic E-state index is -4.49. The van der Waals surface area contributed by atoms with Crippen molar-refractivity contribution in [2.24, 2.45) is 7.05 Å². The Hall–Kier alpha value is -2.15. The minimum Gasteiger partial charge on any atom is -0.465 e. The molecular formula is C15H18N4NaO7S. The van der Waals surface area contributed by atoms with E-state index in [1.807, 2.05) is 0 Å². The number of nitrogens with one attached hydrogen (secondary N) is 1. The van der Waals surface area contributed by atoms with E-state index in [1.54, 1.807) is 18.6 Å². The average molecular weight is 421 g/mol. The van der Waals surface area contributed by atoms with Crippen LogP contribution in [0.15, 0.2) is 34.0 Å². The van der Waals surface area contributed by atoms with Crippen molar-refractivity contribution in [1.29, 1.82) is 0 Å². The molecule has 0 unspecified atom stereocenters. The second-order valence-electron chi connectivity index (χ2n) is 5.60. The Morgan fingerprint density at radius 3 is 2.39 bits per heavy atom. The maximum atomic E-state index is 12.5. The molecule has 0 aliphatic heterocycles. The number of ether oxygens (including phenoxy) is 2. The van der Waals surface area contributed by atoms with Gasteiger partial charge in [0, 0.05) is 36.6 Å². The number of amides is 1. The topological polar surface area (TPSA) is 139 Å². The summed E-state index contributed by atoms with van der Waals surface area (Å²) >= 11 is 0. The molecule has 1 radical (unpaired) electrons. The Kier molecular flexibility index (Phi) is 7.99. The molecule has 147 valence electrons. The molecule has 0 spiro atoms. The van der Waals surface area contributed by atoms with Crippen LogP contribution in [0, 0.1) is 0 Å². The molecule has 1 amide bonds. The summed E-state index contributed by atoms with van der Waals surface area (Å²) in [6.45, 7) is 3.38. The van der Waals surface area contributed by atoms with E-state index >= 15 is 0 Å². The number of nitrogens with zero attached hydrogens (tertiary/aromatic N) is 3. The van der Waals surface area contributed by atoms with Gasteiger partial charge in [0.15, 0.2) is 0 Å². The van der Waals surface area contributed by atoms with Crippen LogP contribution < -0.4 is 15.1 Å². The van der Waals surface area contributed by atoms with Gasteiger partial charge >= 0.3 is 23.7 Å². The molecule has 1 heterocycles. The molecule has 1 N–H and O–H groups in total. The van der Waals surface area contributed by atoms with Gasteiger partial charge < -0.3 is 9.47 Å². The fraction of sp³-hybridized carbons (Fsp3) is 0.333. The van der Waals surface area contributed by atoms with E-state index in [0.717, 1.165) is 17.7 Å². The number of esters is 1. The third-order valence-electron chi connectivity index (χ3n) is 3.28. The summed E-state index contributed by atoms with van der Waals surface area (Å²) < 4.78 is 37.8. The van der Waals surface area contributed by atoms with E-state index in [-0.39, 0.29) is 47.2 Å². The van der Waals surface area contributed by atoms with Crippen LogP contribution in [0.3, 0.4) is 0 Å². The average Bonchev–Trinajstić information content (AvgIpc) is 2.88. The Labute approximate surface area is 183 Å².